The molecule has 6 nitrogen and oxygen atoms in total. The monoisotopic (exact) mass is 361 g/mol. The minimum atomic E-state index is -0.237. The zero-order valence-corrected chi connectivity index (χ0v) is 15.8. The molecule has 0 fully saturated rings. The number of nitrogens with one attached hydrogen (secondary N) is 1. The highest BCUT2D eigenvalue weighted by atomic mass is 32.1. The summed E-state index contributed by atoms with van der Waals surface area (Å²) >= 11 is 1.43. The summed E-state index contributed by atoms with van der Waals surface area (Å²) in [7, 11) is 1.60. The number of aryl methyl sites for hydroxylation is 2. The molecular formula is C18H23N3O3S. The number of ether oxygens (including phenoxy) is 1. The van der Waals surface area contributed by atoms with Gasteiger partial charge in [-0.15, -0.1) is 11.3 Å². The van der Waals surface area contributed by atoms with Crippen LogP contribution in [0.4, 0.5) is 5.13 Å². The molecule has 1 N–H and O–H groups in total. The van der Waals surface area contributed by atoms with Gasteiger partial charge in [-0.2, -0.15) is 0 Å². The summed E-state index contributed by atoms with van der Waals surface area (Å²) in [6.45, 7) is 6.20. The van der Waals surface area contributed by atoms with Crippen LogP contribution in [0, 0.1) is 13.8 Å². The summed E-state index contributed by atoms with van der Waals surface area (Å²) in [5.74, 6) is 0.421. The SMILES string of the molecule is CCN(CC(=O)Nc1nc(C)c(C)s1)C(=O)Cc1ccc(OC)cc1. The van der Waals surface area contributed by atoms with Gasteiger partial charge in [-0.3, -0.25) is 9.59 Å². The highest BCUT2D eigenvalue weighted by Gasteiger charge is 2.17. The lowest BCUT2D eigenvalue weighted by Crippen LogP contribution is -2.38. The Bertz CT molecular complexity index is 721. The maximum absolute atomic E-state index is 12.4. The third kappa shape index (κ3) is 5.29. The van der Waals surface area contributed by atoms with Gasteiger partial charge >= 0.3 is 0 Å². The molecule has 1 heterocycles. The maximum Gasteiger partial charge on any atom is 0.245 e. The zero-order valence-electron chi connectivity index (χ0n) is 15.0. The highest BCUT2D eigenvalue weighted by molar-refractivity contribution is 7.15. The van der Waals surface area contributed by atoms with E-state index in [9.17, 15) is 9.59 Å². The van der Waals surface area contributed by atoms with Crippen molar-refractivity contribution in [2.45, 2.75) is 27.2 Å². The normalized spacial score (nSPS) is 10.4. The van der Waals surface area contributed by atoms with Gasteiger partial charge in [0.1, 0.15) is 5.75 Å². The fourth-order valence-corrected chi connectivity index (χ4v) is 3.10. The molecule has 1 aromatic carbocycles. The Morgan fingerprint density at radius 1 is 1.24 bits per heavy atom. The van der Waals surface area contributed by atoms with Crippen molar-refractivity contribution in [3.05, 3.63) is 40.4 Å². The van der Waals surface area contributed by atoms with E-state index in [2.05, 4.69) is 10.3 Å². The lowest BCUT2D eigenvalue weighted by Gasteiger charge is -2.20. The Kier molecular flexibility index (Phi) is 6.52. The number of hydrogen-bond acceptors (Lipinski definition) is 5. The summed E-state index contributed by atoms with van der Waals surface area (Å²) < 4.78 is 5.11. The van der Waals surface area contributed by atoms with Crippen LogP contribution in [0.3, 0.4) is 0 Å². The number of rotatable bonds is 7. The van der Waals surface area contributed by atoms with E-state index in [0.717, 1.165) is 21.9 Å². The Balaban J connectivity index is 1.93. The van der Waals surface area contributed by atoms with Crippen LogP contribution in [0.2, 0.25) is 0 Å². The van der Waals surface area contributed by atoms with Crippen molar-refractivity contribution in [3.63, 3.8) is 0 Å². The third-order valence-electron chi connectivity index (χ3n) is 3.86. The van der Waals surface area contributed by atoms with E-state index >= 15 is 0 Å². The van der Waals surface area contributed by atoms with Crippen molar-refractivity contribution in [2.75, 3.05) is 25.5 Å². The summed E-state index contributed by atoms with van der Waals surface area (Å²) in [5.41, 5.74) is 1.79. The number of hydrogen-bond donors (Lipinski definition) is 1. The number of likely N-dealkylation sites (N-methyl/N-ethyl adjacent to an activating group) is 1. The average Bonchev–Trinajstić information content (AvgIpc) is 2.90. The summed E-state index contributed by atoms with van der Waals surface area (Å²) in [5, 5.41) is 3.33. The molecule has 0 aliphatic rings. The number of thiazole rings is 1. The third-order valence-corrected chi connectivity index (χ3v) is 4.85. The molecule has 0 atom stereocenters. The van der Waals surface area contributed by atoms with Crippen molar-refractivity contribution in [1.29, 1.82) is 0 Å². The molecule has 25 heavy (non-hydrogen) atoms. The summed E-state index contributed by atoms with van der Waals surface area (Å²) in [6.07, 6.45) is 0.251. The fourth-order valence-electron chi connectivity index (χ4n) is 2.26. The quantitative estimate of drug-likeness (QED) is 0.823. The fraction of sp³-hybridized carbons (Fsp3) is 0.389. The number of aromatic nitrogens is 1. The second kappa shape index (κ2) is 8.62. The molecule has 0 aliphatic heterocycles. The lowest BCUT2D eigenvalue weighted by molar-refractivity contribution is -0.133. The molecule has 0 saturated carbocycles. The maximum atomic E-state index is 12.4. The molecule has 0 radical (unpaired) electrons. The van der Waals surface area contributed by atoms with Crippen LogP contribution in [0.1, 0.15) is 23.1 Å². The molecular weight excluding hydrogens is 338 g/mol. The molecule has 2 rings (SSSR count). The van der Waals surface area contributed by atoms with Crippen LogP contribution in [-0.4, -0.2) is 41.9 Å². The highest BCUT2D eigenvalue weighted by Crippen LogP contribution is 2.21. The Morgan fingerprint density at radius 2 is 1.92 bits per heavy atom. The van der Waals surface area contributed by atoms with Gasteiger partial charge < -0.3 is 15.0 Å². The smallest absolute Gasteiger partial charge is 0.245 e. The molecule has 0 saturated heterocycles. The van der Waals surface area contributed by atoms with E-state index in [1.165, 1.54) is 16.2 Å². The van der Waals surface area contributed by atoms with Gasteiger partial charge in [0.2, 0.25) is 11.8 Å². The van der Waals surface area contributed by atoms with Gasteiger partial charge in [0.15, 0.2) is 5.13 Å². The van der Waals surface area contributed by atoms with Gasteiger partial charge in [-0.1, -0.05) is 12.1 Å². The van der Waals surface area contributed by atoms with Crippen LogP contribution in [0.25, 0.3) is 0 Å². The van der Waals surface area contributed by atoms with E-state index in [1.807, 2.05) is 45.0 Å². The number of carbonyl (C=O) groups is 2. The predicted octanol–water partition coefficient (Wildman–Crippen LogP) is 2.80. The topological polar surface area (TPSA) is 71.5 Å². The second-order valence-corrected chi connectivity index (χ2v) is 6.84. The van der Waals surface area contributed by atoms with Crippen molar-refractivity contribution in [2.24, 2.45) is 0 Å². The number of carbonyl (C=O) groups excluding carboxylic acids is 2. The Morgan fingerprint density at radius 3 is 2.44 bits per heavy atom. The standard InChI is InChI=1S/C18H23N3O3S/c1-5-21(11-16(22)20-18-19-12(2)13(3)25-18)17(23)10-14-6-8-15(24-4)9-7-14/h6-9H,5,10-11H2,1-4H3,(H,19,20,22). The average molecular weight is 361 g/mol. The van der Waals surface area contributed by atoms with Crippen molar-refractivity contribution in [3.8, 4) is 5.75 Å². The van der Waals surface area contributed by atoms with E-state index in [4.69, 9.17) is 4.74 Å². The van der Waals surface area contributed by atoms with Gasteiger partial charge in [0, 0.05) is 11.4 Å². The minimum Gasteiger partial charge on any atom is -0.497 e. The molecule has 0 spiro atoms. The first-order valence-corrected chi connectivity index (χ1v) is 8.89. The first-order chi connectivity index (χ1) is 11.9. The van der Waals surface area contributed by atoms with Gasteiger partial charge in [0.25, 0.3) is 0 Å². The number of nitrogens with zero attached hydrogens (tertiary/aromatic N) is 2. The molecule has 0 unspecified atom stereocenters. The van der Waals surface area contributed by atoms with Gasteiger partial charge in [0.05, 0.1) is 25.8 Å². The van der Waals surface area contributed by atoms with Crippen LogP contribution < -0.4 is 10.1 Å². The Hall–Kier alpha value is -2.41. The Labute approximate surface area is 151 Å². The molecule has 7 heteroatoms. The van der Waals surface area contributed by atoms with Crippen LogP contribution in [-0.2, 0) is 16.0 Å². The minimum absolute atomic E-state index is 0.0170. The first kappa shape index (κ1) is 18.9. The predicted molar refractivity (Wildman–Crippen MR) is 99.2 cm³/mol. The molecule has 2 aromatic rings. The zero-order chi connectivity index (χ0) is 18.4. The number of amides is 2. The number of anilines is 1. The van der Waals surface area contributed by atoms with Crippen molar-refractivity contribution < 1.29 is 14.3 Å². The van der Waals surface area contributed by atoms with Gasteiger partial charge in [-0.05, 0) is 38.5 Å². The molecule has 0 aliphatic carbocycles. The molecule has 2 amide bonds. The van der Waals surface area contributed by atoms with E-state index in [0.29, 0.717) is 11.7 Å². The summed E-state index contributed by atoms with van der Waals surface area (Å²) in [4.78, 5) is 31.5. The van der Waals surface area contributed by atoms with Crippen LogP contribution in [0.15, 0.2) is 24.3 Å². The van der Waals surface area contributed by atoms with E-state index in [-0.39, 0.29) is 24.8 Å². The lowest BCUT2D eigenvalue weighted by atomic mass is 10.1. The van der Waals surface area contributed by atoms with Crippen LogP contribution in [0.5, 0.6) is 5.75 Å². The summed E-state index contributed by atoms with van der Waals surface area (Å²) in [6, 6.07) is 7.34. The largest absolute Gasteiger partial charge is 0.497 e. The number of benzene rings is 1. The van der Waals surface area contributed by atoms with Crippen LogP contribution >= 0.6 is 11.3 Å². The van der Waals surface area contributed by atoms with E-state index < -0.39 is 0 Å². The molecule has 0 bridgehead atoms. The van der Waals surface area contributed by atoms with Crippen molar-refractivity contribution in [1.82, 2.24) is 9.88 Å². The molecule has 134 valence electrons. The first-order valence-electron chi connectivity index (χ1n) is 8.07. The van der Waals surface area contributed by atoms with Crippen molar-refractivity contribution >= 4 is 28.3 Å². The second-order valence-electron chi connectivity index (χ2n) is 5.64. The molecule has 1 aromatic heterocycles. The van der Waals surface area contributed by atoms with Gasteiger partial charge in [-0.25, -0.2) is 4.98 Å². The van der Waals surface area contributed by atoms with E-state index in [1.54, 1.807) is 7.11 Å². The number of methoxy groups -OCH3 is 1.